The van der Waals surface area contributed by atoms with Crippen molar-refractivity contribution in [3.05, 3.63) is 40.6 Å². The summed E-state index contributed by atoms with van der Waals surface area (Å²) in [5, 5.41) is 54.5. The van der Waals surface area contributed by atoms with E-state index in [1.807, 2.05) is 39.0 Å². The van der Waals surface area contributed by atoms with Gasteiger partial charge in [0.1, 0.15) is 30.2 Å². The van der Waals surface area contributed by atoms with Crippen LogP contribution in [0.3, 0.4) is 0 Å². The molecule has 8 N–H and O–H groups in total. The Morgan fingerprint density at radius 3 is 2.58 bits per heavy atom. The van der Waals surface area contributed by atoms with Gasteiger partial charge in [0.25, 0.3) is 0 Å². The first-order chi connectivity index (χ1) is 17.1. The van der Waals surface area contributed by atoms with E-state index in [4.69, 9.17) is 25.4 Å². The number of aromatic amines is 1. The number of ether oxygens (including phenoxy) is 3. The number of rotatable bonds is 12. The maximum atomic E-state index is 10.4. The maximum absolute atomic E-state index is 10.4. The lowest BCUT2D eigenvalue weighted by atomic mass is 9.96. The number of benzene rings is 1. The van der Waals surface area contributed by atoms with Crippen LogP contribution < -0.4 is 15.2 Å². The minimum Gasteiger partial charge on any atom is -0.494 e. The van der Waals surface area contributed by atoms with E-state index in [9.17, 15) is 20.4 Å². The maximum Gasteiger partial charge on any atom is 0.238 e. The van der Waals surface area contributed by atoms with Crippen molar-refractivity contribution in [2.45, 2.75) is 83.1 Å². The topological polar surface area (TPSA) is 187 Å². The molecule has 1 aromatic heterocycles. The monoisotopic (exact) mass is 506 g/mol. The Balaban J connectivity index is 1.74. The van der Waals surface area contributed by atoms with Crippen molar-refractivity contribution in [1.82, 2.24) is 10.2 Å². The number of nitrogens with zero attached hydrogens (tertiary/aromatic N) is 1. The van der Waals surface area contributed by atoms with E-state index in [2.05, 4.69) is 10.2 Å². The second kappa shape index (κ2) is 12.5. The van der Waals surface area contributed by atoms with E-state index in [1.54, 1.807) is 0 Å². The third-order valence-electron chi connectivity index (χ3n) is 6.31. The number of aliphatic hydroxyl groups excluding tert-OH is 4. The molecule has 1 saturated heterocycles. The molecule has 5 atom stereocenters. The van der Waals surface area contributed by atoms with Crippen LogP contribution in [0.15, 0.2) is 18.2 Å². The van der Waals surface area contributed by atoms with Gasteiger partial charge in [-0.3, -0.25) is 10.5 Å². The average Bonchev–Trinajstić information content (AvgIpc) is 3.23. The summed E-state index contributed by atoms with van der Waals surface area (Å²) in [4.78, 5) is 0. The molecule has 1 fully saturated rings. The van der Waals surface area contributed by atoms with Gasteiger partial charge in [0.05, 0.1) is 19.0 Å². The van der Waals surface area contributed by atoms with Crippen LogP contribution in [0.1, 0.15) is 61.4 Å². The van der Waals surface area contributed by atoms with Gasteiger partial charge in [-0.25, -0.2) is 0 Å². The van der Waals surface area contributed by atoms with Crippen molar-refractivity contribution in [3.8, 4) is 11.6 Å². The van der Waals surface area contributed by atoms with Crippen LogP contribution in [0.25, 0.3) is 0 Å². The molecule has 3 rings (SSSR count). The number of H-pyrrole nitrogens is 1. The first-order valence-corrected chi connectivity index (χ1v) is 12.2. The molecule has 0 saturated carbocycles. The van der Waals surface area contributed by atoms with Gasteiger partial charge in [-0.1, -0.05) is 19.9 Å². The van der Waals surface area contributed by atoms with Gasteiger partial charge in [0, 0.05) is 24.1 Å². The van der Waals surface area contributed by atoms with Gasteiger partial charge >= 0.3 is 0 Å². The van der Waals surface area contributed by atoms with Gasteiger partial charge in [-0.2, -0.15) is 0 Å². The SMILES string of the molecule is Cc1cc(OCCCCC(=N)N)ccc1Cc1c(O[C@@H]2O[C@H](CO)[C@@H](O)[C@H](O)[C@H]2O)n[nH]c1C(C)C. The Hall–Kier alpha value is -2.70. The highest BCUT2D eigenvalue weighted by Crippen LogP contribution is 2.32. The van der Waals surface area contributed by atoms with E-state index in [0.717, 1.165) is 41.0 Å². The number of hydrogen-bond donors (Lipinski definition) is 7. The molecular weight excluding hydrogens is 468 g/mol. The molecule has 11 heteroatoms. The summed E-state index contributed by atoms with van der Waals surface area (Å²) >= 11 is 0. The van der Waals surface area contributed by atoms with E-state index in [0.29, 0.717) is 19.4 Å². The summed E-state index contributed by atoms with van der Waals surface area (Å²) in [6.45, 7) is 6.03. The molecule has 2 heterocycles. The highest BCUT2D eigenvalue weighted by molar-refractivity contribution is 5.76. The molecule has 0 amide bonds. The standard InChI is InChI=1S/C25H38N4O7/c1-13(2)20-17(11-15-7-8-16(10-14(15)3)34-9-5-4-6-19(26)27)24(29-28-20)36-25-23(33)22(32)21(31)18(12-30)35-25/h7-8,10,13,18,21-23,25,30-33H,4-6,9,11-12H2,1-3H3,(H3,26,27)(H,28,29)/t18-,21-,22+,23-,25+/m1/s1. The van der Waals surface area contributed by atoms with Crippen molar-refractivity contribution in [2.24, 2.45) is 5.73 Å². The lowest BCUT2D eigenvalue weighted by Gasteiger charge is -2.39. The van der Waals surface area contributed by atoms with Crippen LogP contribution in [0, 0.1) is 12.3 Å². The van der Waals surface area contributed by atoms with Crippen molar-refractivity contribution in [1.29, 1.82) is 5.41 Å². The minimum atomic E-state index is -1.54. The van der Waals surface area contributed by atoms with Crippen molar-refractivity contribution in [3.63, 3.8) is 0 Å². The Labute approximate surface area is 210 Å². The Morgan fingerprint density at radius 2 is 1.94 bits per heavy atom. The van der Waals surface area contributed by atoms with Crippen molar-refractivity contribution in [2.75, 3.05) is 13.2 Å². The number of aromatic nitrogens is 2. The van der Waals surface area contributed by atoms with Gasteiger partial charge in [0.15, 0.2) is 0 Å². The van der Waals surface area contributed by atoms with E-state index in [1.165, 1.54) is 0 Å². The molecule has 1 aromatic carbocycles. The molecule has 0 aliphatic carbocycles. The number of nitrogens with one attached hydrogen (secondary N) is 2. The van der Waals surface area contributed by atoms with Crippen LogP contribution in [0.5, 0.6) is 11.6 Å². The first-order valence-electron chi connectivity index (χ1n) is 12.2. The molecule has 0 unspecified atom stereocenters. The molecule has 11 nitrogen and oxygen atoms in total. The van der Waals surface area contributed by atoms with Crippen LogP contribution >= 0.6 is 0 Å². The molecule has 36 heavy (non-hydrogen) atoms. The number of hydrogen-bond acceptors (Lipinski definition) is 9. The van der Waals surface area contributed by atoms with Crippen molar-refractivity contribution >= 4 is 5.84 Å². The lowest BCUT2D eigenvalue weighted by Crippen LogP contribution is -2.60. The summed E-state index contributed by atoms with van der Waals surface area (Å²) < 4.78 is 17.2. The van der Waals surface area contributed by atoms with Gasteiger partial charge in [-0.05, 0) is 48.9 Å². The predicted octanol–water partition coefficient (Wildman–Crippen LogP) is 1.10. The second-order valence-corrected chi connectivity index (χ2v) is 9.49. The molecule has 0 spiro atoms. The normalized spacial score (nSPS) is 24.2. The summed E-state index contributed by atoms with van der Waals surface area (Å²) in [7, 11) is 0. The number of aliphatic hydroxyl groups is 4. The molecule has 1 aliphatic rings. The smallest absolute Gasteiger partial charge is 0.238 e. The zero-order valence-electron chi connectivity index (χ0n) is 21.0. The quantitative estimate of drug-likeness (QED) is 0.126. The number of amidine groups is 1. The zero-order valence-corrected chi connectivity index (χ0v) is 21.0. The minimum absolute atomic E-state index is 0.109. The third-order valence-corrected chi connectivity index (χ3v) is 6.31. The van der Waals surface area contributed by atoms with E-state index < -0.39 is 37.3 Å². The van der Waals surface area contributed by atoms with Crippen LogP contribution in [0.2, 0.25) is 0 Å². The average molecular weight is 507 g/mol. The molecule has 200 valence electrons. The molecule has 0 radical (unpaired) electrons. The van der Waals surface area contributed by atoms with Crippen LogP contribution in [-0.4, -0.2) is 80.4 Å². The van der Waals surface area contributed by atoms with Crippen LogP contribution in [-0.2, 0) is 11.2 Å². The van der Waals surface area contributed by atoms with Gasteiger partial charge in [0.2, 0.25) is 12.2 Å². The highest BCUT2D eigenvalue weighted by atomic mass is 16.7. The molecule has 0 bridgehead atoms. The summed E-state index contributed by atoms with van der Waals surface area (Å²) in [6, 6.07) is 5.85. The third kappa shape index (κ3) is 6.74. The molecule has 2 aromatic rings. The predicted molar refractivity (Wildman–Crippen MR) is 132 cm³/mol. The number of nitrogens with two attached hydrogens (primary N) is 1. The van der Waals surface area contributed by atoms with E-state index >= 15 is 0 Å². The van der Waals surface area contributed by atoms with E-state index in [-0.39, 0.29) is 17.6 Å². The Morgan fingerprint density at radius 1 is 1.19 bits per heavy atom. The number of aryl methyl sites for hydroxylation is 1. The molecular formula is C25H38N4O7. The fourth-order valence-corrected chi connectivity index (χ4v) is 4.14. The Bertz CT molecular complexity index is 1010. The second-order valence-electron chi connectivity index (χ2n) is 9.49. The molecule has 1 aliphatic heterocycles. The summed E-state index contributed by atoms with van der Waals surface area (Å²) in [6.07, 6.45) is -4.24. The summed E-state index contributed by atoms with van der Waals surface area (Å²) in [5.74, 6) is 1.27. The first kappa shape index (κ1) is 27.9. The lowest BCUT2D eigenvalue weighted by molar-refractivity contribution is -0.278. The Kier molecular flexibility index (Phi) is 9.69. The summed E-state index contributed by atoms with van der Waals surface area (Å²) in [5.41, 5.74) is 9.07. The fraction of sp³-hybridized carbons (Fsp3) is 0.600. The van der Waals surface area contributed by atoms with Gasteiger partial charge in [-0.15, -0.1) is 5.10 Å². The van der Waals surface area contributed by atoms with Crippen molar-refractivity contribution < 1.29 is 34.6 Å². The zero-order chi connectivity index (χ0) is 26.4. The highest BCUT2D eigenvalue weighted by Gasteiger charge is 2.45. The van der Waals surface area contributed by atoms with Crippen LogP contribution in [0.4, 0.5) is 0 Å². The fourth-order valence-electron chi connectivity index (χ4n) is 4.14. The van der Waals surface area contributed by atoms with Gasteiger partial charge < -0.3 is 40.4 Å². The number of unbranched alkanes of at least 4 members (excludes halogenated alkanes) is 1. The largest absolute Gasteiger partial charge is 0.494 e.